The van der Waals surface area contributed by atoms with Crippen molar-refractivity contribution in [3.63, 3.8) is 0 Å². The van der Waals surface area contributed by atoms with Crippen LogP contribution in [0.4, 0.5) is 20.6 Å². The summed E-state index contributed by atoms with van der Waals surface area (Å²) in [6, 6.07) is 10.4. The summed E-state index contributed by atoms with van der Waals surface area (Å²) in [4.78, 5) is 26.0. The quantitative estimate of drug-likeness (QED) is 0.660. The van der Waals surface area contributed by atoms with E-state index in [-0.39, 0.29) is 42.9 Å². The smallest absolute Gasteiger partial charge is 0.323 e. The van der Waals surface area contributed by atoms with Crippen molar-refractivity contribution in [3.8, 4) is 5.75 Å². The standard InChI is InChI=1S/C23H26FN3O5/c1-27(2)21(29)11-16-10-18-17-9-15(7-8-19(17)32-22(18)20(12-28)31-16)26-23(30)25-14-5-3-13(24)4-6-14/h3-9,16,18,20,22,28H,10-12H2,1-2H3,(H2,25,26,30)/t16-,18-,20+,22+/m1/s1. The van der Waals surface area contributed by atoms with Crippen LogP contribution in [0.15, 0.2) is 42.5 Å². The third-order valence-corrected chi connectivity index (χ3v) is 5.76. The van der Waals surface area contributed by atoms with Crippen LogP contribution in [0, 0.1) is 5.82 Å². The number of hydrogen-bond acceptors (Lipinski definition) is 5. The molecule has 0 unspecified atom stereocenters. The molecule has 1 fully saturated rings. The van der Waals surface area contributed by atoms with Gasteiger partial charge in [-0.25, -0.2) is 9.18 Å². The Labute approximate surface area is 185 Å². The number of halogens is 1. The second-order valence-corrected chi connectivity index (χ2v) is 8.23. The Balaban J connectivity index is 1.48. The maximum Gasteiger partial charge on any atom is 0.323 e. The third kappa shape index (κ3) is 4.68. The molecule has 2 aliphatic rings. The SMILES string of the molecule is CN(C)C(=O)C[C@H]1C[C@@H]2c3cc(NC(=O)Nc4ccc(F)cc4)ccc3O[C@@H]2[C@H](CO)O1. The van der Waals surface area contributed by atoms with Gasteiger partial charge in [0.25, 0.3) is 0 Å². The van der Waals surface area contributed by atoms with Crippen molar-refractivity contribution in [2.75, 3.05) is 31.3 Å². The fraction of sp³-hybridized carbons (Fsp3) is 0.391. The summed E-state index contributed by atoms with van der Waals surface area (Å²) < 4.78 is 25.0. The van der Waals surface area contributed by atoms with E-state index in [0.717, 1.165) is 5.56 Å². The molecule has 0 spiro atoms. The highest BCUT2D eigenvalue weighted by atomic mass is 19.1. The number of carbonyl (C=O) groups excluding carboxylic acids is 2. The van der Waals surface area contributed by atoms with Crippen LogP contribution in [0.25, 0.3) is 0 Å². The molecule has 0 saturated carbocycles. The molecule has 4 rings (SSSR count). The highest BCUT2D eigenvalue weighted by Crippen LogP contribution is 2.47. The van der Waals surface area contributed by atoms with Crippen LogP contribution in [-0.2, 0) is 9.53 Å². The Kier molecular flexibility index (Phi) is 6.29. The predicted octanol–water partition coefficient (Wildman–Crippen LogP) is 2.94. The third-order valence-electron chi connectivity index (χ3n) is 5.76. The summed E-state index contributed by atoms with van der Waals surface area (Å²) in [5, 5.41) is 15.2. The molecule has 0 aromatic heterocycles. The molecule has 2 aromatic carbocycles. The molecular weight excluding hydrogens is 417 g/mol. The summed E-state index contributed by atoms with van der Waals surface area (Å²) in [7, 11) is 3.39. The van der Waals surface area contributed by atoms with Crippen molar-refractivity contribution < 1.29 is 28.6 Å². The maximum absolute atomic E-state index is 13.0. The molecule has 4 atom stereocenters. The molecule has 2 aromatic rings. The number of fused-ring (bicyclic) bond motifs is 3. The lowest BCUT2D eigenvalue weighted by Gasteiger charge is -2.37. The van der Waals surface area contributed by atoms with E-state index in [4.69, 9.17) is 9.47 Å². The molecule has 3 N–H and O–H groups in total. The average molecular weight is 443 g/mol. The number of anilines is 2. The summed E-state index contributed by atoms with van der Waals surface area (Å²) in [6.07, 6.45) is -0.446. The van der Waals surface area contributed by atoms with Crippen molar-refractivity contribution in [1.29, 1.82) is 0 Å². The van der Waals surface area contributed by atoms with Gasteiger partial charge in [-0.15, -0.1) is 0 Å². The van der Waals surface area contributed by atoms with Gasteiger partial charge in [-0.1, -0.05) is 0 Å². The van der Waals surface area contributed by atoms with Crippen LogP contribution in [0.3, 0.4) is 0 Å². The Morgan fingerprint density at radius 2 is 1.81 bits per heavy atom. The summed E-state index contributed by atoms with van der Waals surface area (Å²) in [5.74, 6) is 0.174. The number of nitrogens with zero attached hydrogens (tertiary/aromatic N) is 1. The van der Waals surface area contributed by atoms with Gasteiger partial charge in [0.2, 0.25) is 5.91 Å². The van der Waals surface area contributed by atoms with E-state index >= 15 is 0 Å². The molecule has 9 heteroatoms. The molecule has 2 aliphatic heterocycles. The van der Waals surface area contributed by atoms with Crippen molar-refractivity contribution in [2.45, 2.75) is 37.1 Å². The first-order valence-electron chi connectivity index (χ1n) is 10.4. The van der Waals surface area contributed by atoms with Gasteiger partial charge in [0.15, 0.2) is 0 Å². The Hall–Kier alpha value is -3.17. The van der Waals surface area contributed by atoms with Crippen molar-refractivity contribution in [1.82, 2.24) is 4.90 Å². The highest BCUT2D eigenvalue weighted by Gasteiger charge is 2.46. The van der Waals surface area contributed by atoms with Crippen LogP contribution in [0.5, 0.6) is 5.75 Å². The highest BCUT2D eigenvalue weighted by molar-refractivity contribution is 5.99. The lowest BCUT2D eigenvalue weighted by Crippen LogP contribution is -2.47. The topological polar surface area (TPSA) is 100 Å². The summed E-state index contributed by atoms with van der Waals surface area (Å²) >= 11 is 0. The number of hydrogen-bond donors (Lipinski definition) is 3. The lowest BCUT2D eigenvalue weighted by atomic mass is 9.84. The molecule has 170 valence electrons. The average Bonchev–Trinajstić information content (AvgIpc) is 3.12. The predicted molar refractivity (Wildman–Crippen MR) is 116 cm³/mol. The number of aliphatic hydroxyl groups excluding tert-OH is 1. The molecule has 0 radical (unpaired) electrons. The number of nitrogens with one attached hydrogen (secondary N) is 2. The summed E-state index contributed by atoms with van der Waals surface area (Å²) in [6.45, 7) is -0.215. The van der Waals surface area contributed by atoms with E-state index in [1.165, 1.54) is 29.2 Å². The molecule has 8 nitrogen and oxygen atoms in total. The van der Waals surface area contributed by atoms with E-state index in [2.05, 4.69) is 10.6 Å². The van der Waals surface area contributed by atoms with Gasteiger partial charge in [-0.05, 0) is 48.9 Å². The van der Waals surface area contributed by atoms with E-state index in [1.807, 2.05) is 6.07 Å². The first-order chi connectivity index (χ1) is 15.3. The maximum atomic E-state index is 13.0. The number of amides is 3. The Morgan fingerprint density at radius 3 is 2.50 bits per heavy atom. The molecule has 32 heavy (non-hydrogen) atoms. The lowest BCUT2D eigenvalue weighted by molar-refractivity contribution is -0.147. The molecule has 0 aliphatic carbocycles. The first kappa shape index (κ1) is 22.0. The second-order valence-electron chi connectivity index (χ2n) is 8.23. The van der Waals surface area contributed by atoms with E-state index in [0.29, 0.717) is 23.5 Å². The number of aliphatic hydroxyl groups is 1. The van der Waals surface area contributed by atoms with Crippen LogP contribution in [0.1, 0.15) is 24.3 Å². The normalized spacial score (nSPS) is 23.5. The van der Waals surface area contributed by atoms with Crippen molar-refractivity contribution >= 4 is 23.3 Å². The minimum atomic E-state index is -0.542. The fourth-order valence-electron chi connectivity index (χ4n) is 4.17. The summed E-state index contributed by atoms with van der Waals surface area (Å²) in [5.41, 5.74) is 1.94. The minimum Gasteiger partial charge on any atom is -0.487 e. The van der Waals surface area contributed by atoms with Gasteiger partial charge >= 0.3 is 6.03 Å². The van der Waals surface area contributed by atoms with Gasteiger partial charge in [0, 0.05) is 37.0 Å². The zero-order valence-corrected chi connectivity index (χ0v) is 17.9. The fourth-order valence-corrected chi connectivity index (χ4v) is 4.17. The molecule has 1 saturated heterocycles. The van der Waals surface area contributed by atoms with Crippen LogP contribution >= 0.6 is 0 Å². The number of urea groups is 1. The minimum absolute atomic E-state index is 0.0443. The van der Waals surface area contributed by atoms with Crippen molar-refractivity contribution in [3.05, 3.63) is 53.8 Å². The van der Waals surface area contributed by atoms with Crippen LogP contribution < -0.4 is 15.4 Å². The number of benzene rings is 2. The molecule has 2 heterocycles. The Bertz CT molecular complexity index is 998. The zero-order valence-electron chi connectivity index (χ0n) is 17.9. The van der Waals surface area contributed by atoms with Gasteiger partial charge in [-0.2, -0.15) is 0 Å². The van der Waals surface area contributed by atoms with E-state index in [1.54, 1.807) is 26.2 Å². The molecule has 0 bridgehead atoms. The zero-order chi connectivity index (χ0) is 22.8. The monoisotopic (exact) mass is 443 g/mol. The second kappa shape index (κ2) is 9.13. The number of rotatable bonds is 5. The van der Waals surface area contributed by atoms with Crippen LogP contribution in [-0.4, -0.2) is 61.0 Å². The van der Waals surface area contributed by atoms with Crippen LogP contribution in [0.2, 0.25) is 0 Å². The molecule has 3 amide bonds. The van der Waals surface area contributed by atoms with E-state index in [9.17, 15) is 19.1 Å². The number of ether oxygens (including phenoxy) is 2. The largest absolute Gasteiger partial charge is 0.487 e. The van der Waals surface area contributed by atoms with E-state index < -0.39 is 12.1 Å². The van der Waals surface area contributed by atoms with Gasteiger partial charge in [0.1, 0.15) is 23.8 Å². The van der Waals surface area contributed by atoms with Gasteiger partial charge in [0.05, 0.1) is 19.1 Å². The van der Waals surface area contributed by atoms with Crippen molar-refractivity contribution in [2.24, 2.45) is 0 Å². The van der Waals surface area contributed by atoms with Gasteiger partial charge in [-0.3, -0.25) is 4.79 Å². The van der Waals surface area contributed by atoms with Gasteiger partial charge < -0.3 is 30.1 Å². The Morgan fingerprint density at radius 1 is 1.12 bits per heavy atom. The molecular formula is C23H26FN3O5. The first-order valence-corrected chi connectivity index (χ1v) is 10.4. The number of carbonyl (C=O) groups is 2.